The molecule has 0 unspecified atom stereocenters. The molecule has 0 saturated heterocycles. The average Bonchev–Trinajstić information content (AvgIpc) is 3.26. The van der Waals surface area contributed by atoms with Crippen molar-refractivity contribution in [3.8, 4) is 10.7 Å². The van der Waals surface area contributed by atoms with Gasteiger partial charge >= 0.3 is 0 Å². The number of nitrogens with one attached hydrogen (secondary N) is 1. The number of carbonyl (C=O) groups is 1. The van der Waals surface area contributed by atoms with Crippen molar-refractivity contribution in [2.24, 2.45) is 0 Å². The lowest BCUT2D eigenvalue weighted by Crippen LogP contribution is -2.12. The van der Waals surface area contributed by atoms with Crippen LogP contribution in [0.2, 0.25) is 0 Å². The van der Waals surface area contributed by atoms with Crippen molar-refractivity contribution in [1.82, 2.24) is 10.1 Å². The number of nitrogens with zero attached hydrogens (tertiary/aromatic N) is 2. The van der Waals surface area contributed by atoms with Crippen molar-refractivity contribution in [2.45, 2.75) is 24.2 Å². The molecular formula is C17H17N3O2S2. The van der Waals surface area contributed by atoms with Crippen LogP contribution < -0.4 is 5.32 Å². The maximum Gasteiger partial charge on any atom is 0.226 e. The van der Waals surface area contributed by atoms with Crippen molar-refractivity contribution >= 4 is 34.7 Å². The number of aromatic nitrogens is 2. The van der Waals surface area contributed by atoms with Crippen LogP contribution in [0.5, 0.6) is 0 Å². The molecule has 7 heteroatoms. The molecule has 3 rings (SSSR count). The molecule has 0 aliphatic heterocycles. The van der Waals surface area contributed by atoms with Crippen LogP contribution in [0.15, 0.2) is 51.2 Å². The highest BCUT2D eigenvalue weighted by atomic mass is 32.2. The molecule has 0 aliphatic rings. The van der Waals surface area contributed by atoms with Gasteiger partial charge in [0.25, 0.3) is 0 Å². The van der Waals surface area contributed by atoms with E-state index < -0.39 is 0 Å². The Hall–Kier alpha value is -2.12. The number of thioether (sulfide) groups is 1. The maximum atomic E-state index is 12.1. The topological polar surface area (TPSA) is 68.0 Å². The van der Waals surface area contributed by atoms with E-state index in [2.05, 4.69) is 15.5 Å². The minimum Gasteiger partial charge on any atom is -0.339 e. The van der Waals surface area contributed by atoms with Gasteiger partial charge in [0.2, 0.25) is 17.6 Å². The molecule has 0 atom stereocenters. The van der Waals surface area contributed by atoms with Crippen LogP contribution in [-0.2, 0) is 11.2 Å². The maximum absolute atomic E-state index is 12.1. The predicted octanol–water partition coefficient (Wildman–Crippen LogP) is 4.48. The lowest BCUT2D eigenvalue weighted by Gasteiger charge is -2.08. The van der Waals surface area contributed by atoms with E-state index in [4.69, 9.17) is 4.52 Å². The van der Waals surface area contributed by atoms with E-state index in [1.54, 1.807) is 23.1 Å². The Morgan fingerprint density at radius 1 is 1.29 bits per heavy atom. The highest BCUT2D eigenvalue weighted by Crippen LogP contribution is 2.25. The standard InChI is InChI=1S/C17H17N3O2S2/c1-23-13-7-3-2-6-12(13)18-15(21)9-4-10-16-19-17(20-22-16)14-8-5-11-24-14/h2-3,5-8,11H,4,9-10H2,1H3,(H,18,21). The van der Waals surface area contributed by atoms with E-state index in [0.29, 0.717) is 31.0 Å². The van der Waals surface area contributed by atoms with Gasteiger partial charge in [0.15, 0.2) is 0 Å². The van der Waals surface area contributed by atoms with Gasteiger partial charge in [0, 0.05) is 17.7 Å². The molecule has 1 N–H and O–H groups in total. The van der Waals surface area contributed by atoms with E-state index in [-0.39, 0.29) is 5.91 Å². The second-order valence-corrected chi connectivity index (χ2v) is 6.89. The summed E-state index contributed by atoms with van der Waals surface area (Å²) in [5, 5.41) is 8.89. The molecule has 0 fully saturated rings. The smallest absolute Gasteiger partial charge is 0.226 e. The number of aryl methyl sites for hydroxylation is 1. The summed E-state index contributed by atoms with van der Waals surface area (Å²) in [6, 6.07) is 11.7. The average molecular weight is 359 g/mol. The quantitative estimate of drug-likeness (QED) is 0.630. The molecule has 0 spiro atoms. The van der Waals surface area contributed by atoms with Crippen molar-refractivity contribution in [1.29, 1.82) is 0 Å². The third-order valence-electron chi connectivity index (χ3n) is 3.39. The predicted molar refractivity (Wildman–Crippen MR) is 97.4 cm³/mol. The molecule has 124 valence electrons. The fourth-order valence-electron chi connectivity index (χ4n) is 2.22. The fraction of sp³-hybridized carbons (Fsp3) is 0.235. The molecule has 1 amide bonds. The van der Waals surface area contributed by atoms with E-state index in [0.717, 1.165) is 15.5 Å². The van der Waals surface area contributed by atoms with E-state index >= 15 is 0 Å². The molecule has 2 aromatic heterocycles. The number of hydrogen-bond acceptors (Lipinski definition) is 6. The summed E-state index contributed by atoms with van der Waals surface area (Å²) >= 11 is 3.18. The molecule has 0 bridgehead atoms. The van der Waals surface area contributed by atoms with Crippen molar-refractivity contribution < 1.29 is 9.32 Å². The van der Waals surface area contributed by atoms with Crippen LogP contribution in [0.3, 0.4) is 0 Å². The van der Waals surface area contributed by atoms with Gasteiger partial charge in [-0.25, -0.2) is 0 Å². The third-order valence-corrected chi connectivity index (χ3v) is 5.05. The first-order valence-electron chi connectivity index (χ1n) is 7.55. The number of para-hydroxylation sites is 1. The van der Waals surface area contributed by atoms with Crippen LogP contribution in [-0.4, -0.2) is 22.3 Å². The van der Waals surface area contributed by atoms with Crippen LogP contribution >= 0.6 is 23.1 Å². The summed E-state index contributed by atoms with van der Waals surface area (Å²) in [7, 11) is 0. The summed E-state index contributed by atoms with van der Waals surface area (Å²) in [5.74, 6) is 1.17. The third kappa shape index (κ3) is 4.24. The number of hydrogen-bond donors (Lipinski definition) is 1. The Morgan fingerprint density at radius 2 is 2.17 bits per heavy atom. The minimum absolute atomic E-state index is 0.00510. The van der Waals surface area contributed by atoms with Gasteiger partial charge in [0.1, 0.15) is 0 Å². The summed E-state index contributed by atoms with van der Waals surface area (Å²) in [5.41, 5.74) is 0.854. The normalized spacial score (nSPS) is 10.7. The number of benzene rings is 1. The summed E-state index contributed by atoms with van der Waals surface area (Å²) in [6.45, 7) is 0. The molecule has 3 aromatic rings. The highest BCUT2D eigenvalue weighted by molar-refractivity contribution is 7.98. The van der Waals surface area contributed by atoms with Crippen LogP contribution in [0, 0.1) is 0 Å². The fourth-order valence-corrected chi connectivity index (χ4v) is 3.43. The van der Waals surface area contributed by atoms with Gasteiger partial charge in [-0.15, -0.1) is 23.1 Å². The summed E-state index contributed by atoms with van der Waals surface area (Å²) < 4.78 is 5.24. The summed E-state index contributed by atoms with van der Waals surface area (Å²) in [6.07, 6.45) is 3.67. The van der Waals surface area contributed by atoms with Gasteiger partial charge in [-0.1, -0.05) is 23.4 Å². The molecular weight excluding hydrogens is 342 g/mol. The van der Waals surface area contributed by atoms with Gasteiger partial charge in [-0.2, -0.15) is 4.98 Å². The van der Waals surface area contributed by atoms with Crippen molar-refractivity contribution in [3.05, 3.63) is 47.7 Å². The van der Waals surface area contributed by atoms with Crippen molar-refractivity contribution in [3.63, 3.8) is 0 Å². The number of carbonyl (C=O) groups excluding carboxylic acids is 1. The molecule has 1 aromatic carbocycles. The van der Waals surface area contributed by atoms with Gasteiger partial charge < -0.3 is 9.84 Å². The number of amides is 1. The molecule has 0 aliphatic carbocycles. The Morgan fingerprint density at radius 3 is 2.96 bits per heavy atom. The first-order valence-corrected chi connectivity index (χ1v) is 9.66. The Labute approximate surface area is 148 Å². The monoisotopic (exact) mass is 359 g/mol. The zero-order chi connectivity index (χ0) is 16.8. The SMILES string of the molecule is CSc1ccccc1NC(=O)CCCc1nc(-c2cccs2)no1. The van der Waals surface area contributed by atoms with Crippen molar-refractivity contribution in [2.75, 3.05) is 11.6 Å². The lowest BCUT2D eigenvalue weighted by atomic mass is 10.2. The number of thiophene rings is 1. The second-order valence-electron chi connectivity index (χ2n) is 5.09. The van der Waals surface area contributed by atoms with E-state index in [9.17, 15) is 4.79 Å². The zero-order valence-electron chi connectivity index (χ0n) is 13.2. The molecule has 2 heterocycles. The Bertz CT molecular complexity index is 800. The van der Waals surface area contributed by atoms with E-state index in [1.165, 1.54) is 0 Å². The number of anilines is 1. The zero-order valence-corrected chi connectivity index (χ0v) is 14.8. The molecule has 5 nitrogen and oxygen atoms in total. The van der Waals surface area contributed by atoms with Gasteiger partial charge in [-0.05, 0) is 36.3 Å². The second kappa shape index (κ2) is 8.12. The molecule has 0 saturated carbocycles. The largest absolute Gasteiger partial charge is 0.339 e. The Kier molecular flexibility index (Phi) is 5.66. The Balaban J connectivity index is 1.49. The van der Waals surface area contributed by atoms with Crippen LogP contribution in [0.1, 0.15) is 18.7 Å². The minimum atomic E-state index is -0.00510. The van der Waals surface area contributed by atoms with E-state index in [1.807, 2.05) is 48.0 Å². The first kappa shape index (κ1) is 16.7. The van der Waals surface area contributed by atoms with Gasteiger partial charge in [-0.3, -0.25) is 4.79 Å². The summed E-state index contributed by atoms with van der Waals surface area (Å²) in [4.78, 5) is 18.5. The number of rotatable bonds is 7. The highest BCUT2D eigenvalue weighted by Gasteiger charge is 2.11. The first-order chi connectivity index (χ1) is 11.8. The molecule has 24 heavy (non-hydrogen) atoms. The molecule has 0 radical (unpaired) electrons. The van der Waals surface area contributed by atoms with Crippen LogP contribution in [0.25, 0.3) is 10.7 Å². The van der Waals surface area contributed by atoms with Gasteiger partial charge in [0.05, 0.1) is 10.6 Å². The lowest BCUT2D eigenvalue weighted by molar-refractivity contribution is -0.116. The van der Waals surface area contributed by atoms with Crippen LogP contribution in [0.4, 0.5) is 5.69 Å².